The topological polar surface area (TPSA) is 69.7 Å². The van der Waals surface area contributed by atoms with Gasteiger partial charge in [0.05, 0.1) is 12.7 Å². The number of anilines is 1. The molecule has 1 aromatic heterocycles. The highest BCUT2D eigenvalue weighted by Crippen LogP contribution is 2.25. The fraction of sp³-hybridized carbons (Fsp3) is 0.700. The fourth-order valence-electron chi connectivity index (χ4n) is 1.87. The number of aromatic nitrogens is 1. The second-order valence-electron chi connectivity index (χ2n) is 4.01. The molecule has 0 aliphatic carbocycles. The van der Waals surface area contributed by atoms with Crippen LogP contribution in [0.1, 0.15) is 19.0 Å². The monoisotopic (exact) mass is 212 g/mol. The van der Waals surface area contributed by atoms with E-state index >= 15 is 0 Å². The molecular formula is C10H16N2O3. The molecule has 2 unspecified atom stereocenters. The number of hydrogen-bond acceptors (Lipinski definition) is 5. The van der Waals surface area contributed by atoms with Gasteiger partial charge in [-0.2, -0.15) is 4.98 Å². The molecule has 2 atom stereocenters. The van der Waals surface area contributed by atoms with Gasteiger partial charge in [-0.3, -0.25) is 0 Å². The van der Waals surface area contributed by atoms with Crippen LogP contribution < -0.4 is 4.90 Å². The second kappa shape index (κ2) is 4.20. The van der Waals surface area contributed by atoms with Gasteiger partial charge in [-0.15, -0.1) is 0 Å². The van der Waals surface area contributed by atoms with Crippen LogP contribution in [0.4, 0.5) is 6.01 Å². The molecule has 0 aromatic carbocycles. The lowest BCUT2D eigenvalue weighted by Gasteiger charge is -2.15. The highest BCUT2D eigenvalue weighted by molar-refractivity contribution is 5.29. The molecule has 0 bridgehead atoms. The van der Waals surface area contributed by atoms with E-state index in [0.717, 1.165) is 19.5 Å². The van der Waals surface area contributed by atoms with Crippen LogP contribution in [0.2, 0.25) is 0 Å². The Kier molecular flexibility index (Phi) is 2.93. The Morgan fingerprint density at radius 3 is 3.07 bits per heavy atom. The first-order chi connectivity index (χ1) is 7.20. The molecule has 1 saturated heterocycles. The quantitative estimate of drug-likeness (QED) is 0.757. The normalized spacial score (nSPS) is 23.4. The van der Waals surface area contributed by atoms with Crippen molar-refractivity contribution < 1.29 is 14.6 Å². The predicted molar refractivity (Wildman–Crippen MR) is 54.4 cm³/mol. The zero-order valence-electron chi connectivity index (χ0n) is 8.76. The van der Waals surface area contributed by atoms with E-state index in [9.17, 15) is 5.11 Å². The first-order valence-electron chi connectivity index (χ1n) is 5.19. The Morgan fingerprint density at radius 2 is 2.53 bits per heavy atom. The van der Waals surface area contributed by atoms with E-state index in [1.165, 1.54) is 6.26 Å². The van der Waals surface area contributed by atoms with Crippen LogP contribution in [0.5, 0.6) is 0 Å². The van der Waals surface area contributed by atoms with Gasteiger partial charge >= 0.3 is 0 Å². The minimum absolute atomic E-state index is 0.100. The van der Waals surface area contributed by atoms with Gasteiger partial charge in [0.2, 0.25) is 0 Å². The van der Waals surface area contributed by atoms with Crippen LogP contribution in [-0.2, 0) is 6.61 Å². The maximum Gasteiger partial charge on any atom is 0.297 e. The minimum atomic E-state index is -0.290. The summed E-state index contributed by atoms with van der Waals surface area (Å²) >= 11 is 0. The van der Waals surface area contributed by atoms with Crippen LogP contribution in [0.25, 0.3) is 0 Å². The van der Waals surface area contributed by atoms with Gasteiger partial charge in [0.1, 0.15) is 12.0 Å². The molecule has 1 aliphatic heterocycles. The lowest BCUT2D eigenvalue weighted by Crippen LogP contribution is -2.24. The molecule has 1 fully saturated rings. The molecule has 5 heteroatoms. The maximum atomic E-state index is 9.45. The zero-order chi connectivity index (χ0) is 10.8. The number of hydrogen-bond donors (Lipinski definition) is 2. The highest BCUT2D eigenvalue weighted by Gasteiger charge is 2.28. The zero-order valence-corrected chi connectivity index (χ0v) is 8.76. The predicted octanol–water partition coefficient (Wildman–Crippen LogP) is 0.374. The van der Waals surface area contributed by atoms with Gasteiger partial charge in [0, 0.05) is 19.0 Å². The number of oxazole rings is 1. The van der Waals surface area contributed by atoms with Crippen LogP contribution >= 0.6 is 0 Å². The summed E-state index contributed by atoms with van der Waals surface area (Å²) in [5.74, 6) is 0.287. The molecule has 5 nitrogen and oxygen atoms in total. The molecule has 0 radical (unpaired) electrons. The van der Waals surface area contributed by atoms with E-state index in [-0.39, 0.29) is 18.6 Å². The van der Waals surface area contributed by atoms with Crippen molar-refractivity contribution in [1.82, 2.24) is 4.98 Å². The van der Waals surface area contributed by atoms with Gasteiger partial charge in [-0.25, -0.2) is 0 Å². The van der Waals surface area contributed by atoms with Gasteiger partial charge < -0.3 is 19.5 Å². The smallest absolute Gasteiger partial charge is 0.297 e. The SMILES string of the molecule is CC(O)C1CCN(c2nc(CO)co2)C1. The summed E-state index contributed by atoms with van der Waals surface area (Å²) in [6.07, 6.45) is 2.13. The average Bonchev–Trinajstić information content (AvgIpc) is 2.86. The molecule has 84 valence electrons. The van der Waals surface area contributed by atoms with Gasteiger partial charge in [-0.1, -0.05) is 0 Å². The fourth-order valence-corrected chi connectivity index (χ4v) is 1.87. The molecular weight excluding hydrogens is 196 g/mol. The summed E-state index contributed by atoms with van der Waals surface area (Å²) < 4.78 is 5.24. The number of aliphatic hydroxyl groups is 2. The van der Waals surface area contributed by atoms with E-state index in [1.54, 1.807) is 0 Å². The minimum Gasteiger partial charge on any atom is -0.432 e. The molecule has 2 rings (SSSR count). The summed E-state index contributed by atoms with van der Waals surface area (Å²) in [6, 6.07) is 0.544. The van der Waals surface area contributed by atoms with Crippen molar-refractivity contribution in [3.63, 3.8) is 0 Å². The molecule has 1 aliphatic rings. The summed E-state index contributed by atoms with van der Waals surface area (Å²) in [4.78, 5) is 6.13. The Labute approximate surface area is 88.3 Å². The molecule has 0 amide bonds. The van der Waals surface area contributed by atoms with Crippen molar-refractivity contribution in [2.45, 2.75) is 26.1 Å². The van der Waals surface area contributed by atoms with Crippen molar-refractivity contribution in [3.05, 3.63) is 12.0 Å². The van der Waals surface area contributed by atoms with Crippen molar-refractivity contribution in [2.75, 3.05) is 18.0 Å². The van der Waals surface area contributed by atoms with E-state index in [0.29, 0.717) is 11.7 Å². The Balaban J connectivity index is 2.01. The second-order valence-corrected chi connectivity index (χ2v) is 4.01. The Morgan fingerprint density at radius 1 is 1.73 bits per heavy atom. The van der Waals surface area contributed by atoms with E-state index in [1.807, 2.05) is 11.8 Å². The van der Waals surface area contributed by atoms with Crippen LogP contribution in [0, 0.1) is 5.92 Å². The molecule has 2 N–H and O–H groups in total. The van der Waals surface area contributed by atoms with E-state index in [4.69, 9.17) is 9.52 Å². The molecule has 2 heterocycles. The first-order valence-corrected chi connectivity index (χ1v) is 5.19. The summed E-state index contributed by atoms with van der Waals surface area (Å²) in [5.41, 5.74) is 0.547. The molecule has 0 spiro atoms. The number of nitrogens with zero attached hydrogens (tertiary/aromatic N) is 2. The highest BCUT2D eigenvalue weighted by atomic mass is 16.4. The summed E-state index contributed by atoms with van der Waals surface area (Å²) in [6.45, 7) is 3.32. The lowest BCUT2D eigenvalue weighted by atomic mass is 10.0. The van der Waals surface area contributed by atoms with Crippen LogP contribution in [0.3, 0.4) is 0 Å². The number of aliphatic hydroxyl groups excluding tert-OH is 2. The lowest BCUT2D eigenvalue weighted by molar-refractivity contribution is 0.136. The van der Waals surface area contributed by atoms with Gasteiger partial charge in [0.25, 0.3) is 6.01 Å². The average molecular weight is 212 g/mol. The van der Waals surface area contributed by atoms with Gasteiger partial charge in [0.15, 0.2) is 0 Å². The Bertz CT molecular complexity index is 324. The van der Waals surface area contributed by atoms with Crippen LogP contribution in [-0.4, -0.2) is 34.4 Å². The van der Waals surface area contributed by atoms with Crippen molar-refractivity contribution in [2.24, 2.45) is 5.92 Å². The largest absolute Gasteiger partial charge is 0.432 e. The molecule has 0 saturated carbocycles. The summed E-state index contributed by atoms with van der Waals surface area (Å²) in [7, 11) is 0. The maximum absolute atomic E-state index is 9.45. The van der Waals surface area contributed by atoms with E-state index < -0.39 is 0 Å². The van der Waals surface area contributed by atoms with Crippen molar-refractivity contribution in [1.29, 1.82) is 0 Å². The van der Waals surface area contributed by atoms with Crippen LogP contribution in [0.15, 0.2) is 10.7 Å². The van der Waals surface area contributed by atoms with Crippen molar-refractivity contribution >= 4 is 6.01 Å². The standard InChI is InChI=1S/C10H16N2O3/c1-7(14)8-2-3-12(4-8)10-11-9(5-13)6-15-10/h6-8,13-14H,2-5H2,1H3. The van der Waals surface area contributed by atoms with Crippen molar-refractivity contribution in [3.8, 4) is 0 Å². The third-order valence-electron chi connectivity index (χ3n) is 2.88. The summed E-state index contributed by atoms with van der Waals surface area (Å²) in [5, 5.41) is 18.3. The molecule has 15 heavy (non-hydrogen) atoms. The first kappa shape index (κ1) is 10.4. The van der Waals surface area contributed by atoms with Gasteiger partial charge in [-0.05, 0) is 13.3 Å². The molecule has 1 aromatic rings. The van der Waals surface area contributed by atoms with E-state index in [2.05, 4.69) is 4.98 Å². The third-order valence-corrected chi connectivity index (χ3v) is 2.88. The Hall–Kier alpha value is -1.07. The number of rotatable bonds is 3. The third kappa shape index (κ3) is 2.13.